The van der Waals surface area contributed by atoms with E-state index in [2.05, 4.69) is 5.32 Å². The van der Waals surface area contributed by atoms with Crippen molar-refractivity contribution >= 4 is 11.5 Å². The maximum absolute atomic E-state index is 13.9. The monoisotopic (exact) mass is 395 g/mol. The van der Waals surface area contributed by atoms with Crippen LogP contribution in [0.25, 0.3) is 0 Å². The lowest BCUT2D eigenvalue weighted by molar-refractivity contribution is -0.144. The van der Waals surface area contributed by atoms with Crippen molar-refractivity contribution in [3.05, 3.63) is 65.7 Å². The van der Waals surface area contributed by atoms with Gasteiger partial charge in [0, 0.05) is 11.1 Å². The van der Waals surface area contributed by atoms with Gasteiger partial charge >= 0.3 is 0 Å². The molecule has 2 aromatic rings. The van der Waals surface area contributed by atoms with Gasteiger partial charge in [-0.15, -0.1) is 0 Å². The Bertz CT molecular complexity index is 807. The van der Waals surface area contributed by atoms with Gasteiger partial charge in [-0.05, 0) is 105 Å². The molecule has 0 heterocycles. The largest absolute Gasteiger partial charge is 0.375 e. The normalized spacial score (nSPS) is 30.9. The highest BCUT2D eigenvalue weighted by Crippen LogP contribution is 2.60. The SMILES string of the molecule is O=C([C@H](Cc1ccc(F)cc1)Nc1ccc(F)cc1)C12CC3CC(CC(C3)C1)C2. The fourth-order valence-electron chi connectivity index (χ4n) is 6.59. The summed E-state index contributed by atoms with van der Waals surface area (Å²) in [5, 5.41) is 3.38. The number of hydrogen-bond acceptors (Lipinski definition) is 2. The zero-order valence-electron chi connectivity index (χ0n) is 16.5. The Morgan fingerprint density at radius 1 is 0.862 bits per heavy atom. The smallest absolute Gasteiger partial charge is 0.161 e. The van der Waals surface area contributed by atoms with Gasteiger partial charge in [0.2, 0.25) is 0 Å². The molecule has 152 valence electrons. The number of benzene rings is 2. The van der Waals surface area contributed by atoms with Crippen LogP contribution in [-0.4, -0.2) is 11.8 Å². The van der Waals surface area contributed by atoms with E-state index in [1.54, 1.807) is 24.3 Å². The third kappa shape index (κ3) is 3.70. The summed E-state index contributed by atoms with van der Waals surface area (Å²) < 4.78 is 26.7. The molecule has 0 amide bonds. The summed E-state index contributed by atoms with van der Waals surface area (Å²) in [5.41, 5.74) is 1.47. The molecule has 4 bridgehead atoms. The predicted octanol–water partition coefficient (Wildman–Crippen LogP) is 5.77. The number of carbonyl (C=O) groups excluding carboxylic acids is 1. The summed E-state index contributed by atoms with van der Waals surface area (Å²) in [6.07, 6.45) is 7.44. The van der Waals surface area contributed by atoms with Crippen molar-refractivity contribution < 1.29 is 13.6 Å². The molecule has 4 fully saturated rings. The van der Waals surface area contributed by atoms with E-state index in [4.69, 9.17) is 0 Å². The van der Waals surface area contributed by atoms with Crippen LogP contribution in [0.4, 0.5) is 14.5 Å². The van der Waals surface area contributed by atoms with Gasteiger partial charge in [-0.2, -0.15) is 0 Å². The lowest BCUT2D eigenvalue weighted by Crippen LogP contribution is -2.54. The number of nitrogens with one attached hydrogen (secondary N) is 1. The first-order chi connectivity index (χ1) is 14.0. The Balaban J connectivity index is 1.43. The van der Waals surface area contributed by atoms with Crippen LogP contribution >= 0.6 is 0 Å². The van der Waals surface area contributed by atoms with Crippen LogP contribution in [0.1, 0.15) is 44.1 Å². The molecule has 2 nitrogen and oxygen atoms in total. The molecule has 0 spiro atoms. The zero-order chi connectivity index (χ0) is 20.0. The zero-order valence-corrected chi connectivity index (χ0v) is 16.5. The summed E-state index contributed by atoms with van der Waals surface area (Å²) in [5.74, 6) is 1.82. The lowest BCUT2D eigenvalue weighted by Gasteiger charge is -2.56. The Labute approximate surface area is 170 Å². The van der Waals surface area contributed by atoms with Crippen LogP contribution in [0.3, 0.4) is 0 Å². The third-order valence-corrected chi connectivity index (χ3v) is 7.42. The van der Waals surface area contributed by atoms with E-state index in [-0.39, 0.29) is 23.1 Å². The fourth-order valence-corrected chi connectivity index (χ4v) is 6.59. The van der Waals surface area contributed by atoms with Gasteiger partial charge in [-0.1, -0.05) is 12.1 Å². The van der Waals surface area contributed by atoms with Crippen molar-refractivity contribution in [1.82, 2.24) is 0 Å². The van der Waals surface area contributed by atoms with Crippen molar-refractivity contribution in [3.63, 3.8) is 0 Å². The first-order valence-corrected chi connectivity index (χ1v) is 10.8. The number of ketones is 1. The molecule has 29 heavy (non-hydrogen) atoms. The van der Waals surface area contributed by atoms with Gasteiger partial charge < -0.3 is 5.32 Å². The molecule has 0 saturated heterocycles. The number of rotatable bonds is 6. The van der Waals surface area contributed by atoms with Gasteiger partial charge in [0.05, 0.1) is 6.04 Å². The molecule has 0 aromatic heterocycles. The van der Waals surface area contributed by atoms with Crippen molar-refractivity contribution in [2.45, 2.75) is 51.0 Å². The van der Waals surface area contributed by atoms with Crippen molar-refractivity contribution in [1.29, 1.82) is 0 Å². The molecule has 4 heteroatoms. The van der Waals surface area contributed by atoms with Crippen LogP contribution in [0.15, 0.2) is 48.5 Å². The van der Waals surface area contributed by atoms with E-state index in [9.17, 15) is 13.6 Å². The molecule has 4 aliphatic carbocycles. The second-order valence-corrected chi connectivity index (χ2v) is 9.60. The van der Waals surface area contributed by atoms with Gasteiger partial charge in [0.1, 0.15) is 11.6 Å². The van der Waals surface area contributed by atoms with Gasteiger partial charge in [0.15, 0.2) is 5.78 Å². The first-order valence-electron chi connectivity index (χ1n) is 10.8. The molecule has 0 unspecified atom stereocenters. The minimum Gasteiger partial charge on any atom is -0.375 e. The van der Waals surface area contributed by atoms with Gasteiger partial charge in [0.25, 0.3) is 0 Å². The third-order valence-electron chi connectivity index (χ3n) is 7.42. The molecule has 1 atom stereocenters. The summed E-state index contributed by atoms with van der Waals surface area (Å²) >= 11 is 0. The van der Waals surface area contributed by atoms with Crippen molar-refractivity contribution in [3.8, 4) is 0 Å². The van der Waals surface area contributed by atoms with E-state index in [1.807, 2.05) is 0 Å². The highest BCUT2D eigenvalue weighted by molar-refractivity contribution is 5.92. The second kappa shape index (κ2) is 7.23. The van der Waals surface area contributed by atoms with E-state index in [0.717, 1.165) is 30.5 Å². The number of carbonyl (C=O) groups is 1. The van der Waals surface area contributed by atoms with E-state index >= 15 is 0 Å². The standard InChI is InChI=1S/C25H27F2NO/c26-20-3-1-16(2-4-20)12-23(28-22-7-5-21(27)6-8-22)24(29)25-13-17-9-18(14-25)11-19(10-17)15-25/h1-8,17-19,23,28H,9-15H2/t17?,18?,19?,23-,25?/m0/s1. The van der Waals surface area contributed by atoms with Gasteiger partial charge in [-0.25, -0.2) is 8.78 Å². The molecule has 4 aliphatic rings. The van der Waals surface area contributed by atoms with E-state index in [0.29, 0.717) is 30.0 Å². The molecule has 2 aromatic carbocycles. The van der Waals surface area contributed by atoms with E-state index < -0.39 is 0 Å². The average molecular weight is 395 g/mol. The summed E-state index contributed by atoms with van der Waals surface area (Å²) in [6, 6.07) is 12.2. The minimum absolute atomic E-state index is 0.216. The Morgan fingerprint density at radius 2 is 1.34 bits per heavy atom. The molecular weight excluding hydrogens is 368 g/mol. The van der Waals surface area contributed by atoms with Crippen LogP contribution < -0.4 is 5.32 Å². The summed E-state index contributed by atoms with van der Waals surface area (Å²) in [4.78, 5) is 13.9. The Hall–Kier alpha value is -2.23. The molecule has 0 aliphatic heterocycles. The van der Waals surface area contributed by atoms with Crippen LogP contribution in [0, 0.1) is 34.8 Å². The fraction of sp³-hybridized carbons (Fsp3) is 0.480. The summed E-state index contributed by atoms with van der Waals surface area (Å²) in [7, 11) is 0. The number of anilines is 1. The molecule has 1 N–H and O–H groups in total. The quantitative estimate of drug-likeness (QED) is 0.672. The van der Waals surface area contributed by atoms with Crippen molar-refractivity contribution in [2.24, 2.45) is 23.2 Å². The average Bonchev–Trinajstić information content (AvgIpc) is 2.69. The van der Waals surface area contributed by atoms with Gasteiger partial charge in [-0.3, -0.25) is 4.79 Å². The molecular formula is C25H27F2NO. The second-order valence-electron chi connectivity index (χ2n) is 9.60. The molecule has 4 saturated carbocycles. The lowest BCUT2D eigenvalue weighted by atomic mass is 9.48. The highest BCUT2D eigenvalue weighted by atomic mass is 19.1. The molecule has 6 rings (SSSR count). The molecule has 0 radical (unpaired) electrons. The minimum atomic E-state index is -0.387. The maximum atomic E-state index is 13.9. The highest BCUT2D eigenvalue weighted by Gasteiger charge is 2.55. The Kier molecular flexibility index (Phi) is 4.68. The van der Waals surface area contributed by atoms with Crippen LogP contribution in [0.5, 0.6) is 0 Å². The number of Topliss-reactive ketones (excluding diaryl/α,β-unsaturated/α-hetero) is 1. The first kappa shape index (κ1) is 18.8. The number of halogens is 2. The Morgan fingerprint density at radius 3 is 1.86 bits per heavy atom. The predicted molar refractivity (Wildman–Crippen MR) is 110 cm³/mol. The van der Waals surface area contributed by atoms with Crippen molar-refractivity contribution in [2.75, 3.05) is 5.32 Å². The van der Waals surface area contributed by atoms with E-state index in [1.165, 1.54) is 43.5 Å². The summed E-state index contributed by atoms with van der Waals surface area (Å²) in [6.45, 7) is 0. The van der Waals surface area contributed by atoms with Crippen LogP contribution in [-0.2, 0) is 11.2 Å². The maximum Gasteiger partial charge on any atom is 0.161 e. The number of hydrogen-bond donors (Lipinski definition) is 1. The topological polar surface area (TPSA) is 29.1 Å². The van der Waals surface area contributed by atoms with Crippen LogP contribution in [0.2, 0.25) is 0 Å².